The lowest BCUT2D eigenvalue weighted by atomic mass is 10.0. The van der Waals surface area contributed by atoms with Gasteiger partial charge in [-0.05, 0) is 103 Å². The minimum absolute atomic E-state index is 0.0791. The second kappa shape index (κ2) is 70.8. The molecule has 0 heterocycles. The van der Waals surface area contributed by atoms with Crippen LogP contribution in [0.4, 0.5) is 0 Å². The van der Waals surface area contributed by atoms with E-state index in [0.29, 0.717) is 19.3 Å². The third-order valence-corrected chi connectivity index (χ3v) is 15.6. The molecule has 0 rings (SSSR count). The van der Waals surface area contributed by atoms with Crippen molar-refractivity contribution >= 4 is 17.9 Å². The fraction of sp³-hybridized carbons (Fsp3) is 0.753. The predicted octanol–water partition coefficient (Wildman–Crippen LogP) is 24.8. The molecule has 6 nitrogen and oxygen atoms in total. The first kappa shape index (κ1) is 79.3. The summed E-state index contributed by atoms with van der Waals surface area (Å²) in [6.07, 6.45) is 95.7. The first-order chi connectivity index (χ1) is 41.0. The molecular formula is C77H134O6. The van der Waals surface area contributed by atoms with Gasteiger partial charge in [-0.3, -0.25) is 14.4 Å². The van der Waals surface area contributed by atoms with Gasteiger partial charge in [-0.15, -0.1) is 0 Å². The molecule has 0 aliphatic carbocycles. The Kier molecular flexibility index (Phi) is 67.7. The van der Waals surface area contributed by atoms with E-state index in [1.54, 1.807) is 0 Å². The number of hydrogen-bond acceptors (Lipinski definition) is 6. The molecule has 0 saturated heterocycles. The van der Waals surface area contributed by atoms with E-state index in [2.05, 4.69) is 118 Å². The summed E-state index contributed by atoms with van der Waals surface area (Å²) in [5, 5.41) is 0. The van der Waals surface area contributed by atoms with Crippen LogP contribution >= 0.6 is 0 Å². The predicted molar refractivity (Wildman–Crippen MR) is 362 cm³/mol. The van der Waals surface area contributed by atoms with Gasteiger partial charge in [-0.1, -0.05) is 330 Å². The Morgan fingerprint density at radius 1 is 0.253 bits per heavy atom. The summed E-state index contributed by atoms with van der Waals surface area (Å²) in [4.78, 5) is 38.5. The monoisotopic (exact) mass is 1160 g/mol. The zero-order valence-corrected chi connectivity index (χ0v) is 54.9. The Morgan fingerprint density at radius 3 is 0.747 bits per heavy atom. The molecule has 83 heavy (non-hydrogen) atoms. The van der Waals surface area contributed by atoms with E-state index in [1.165, 1.54) is 199 Å². The zero-order chi connectivity index (χ0) is 59.9. The third kappa shape index (κ3) is 69.0. The average molecular weight is 1160 g/mol. The molecule has 0 aromatic heterocycles. The molecule has 0 saturated carbocycles. The van der Waals surface area contributed by atoms with Crippen LogP contribution < -0.4 is 0 Å². The first-order valence-corrected chi connectivity index (χ1v) is 35.7. The molecule has 0 radical (unpaired) electrons. The maximum atomic E-state index is 13.0. The van der Waals surface area contributed by atoms with Crippen LogP contribution in [0, 0.1) is 0 Å². The summed E-state index contributed by atoms with van der Waals surface area (Å²) in [6, 6.07) is 0. The van der Waals surface area contributed by atoms with E-state index < -0.39 is 6.10 Å². The van der Waals surface area contributed by atoms with Crippen LogP contribution in [0.15, 0.2) is 97.2 Å². The number of rotatable bonds is 65. The minimum atomic E-state index is -0.784. The summed E-state index contributed by atoms with van der Waals surface area (Å²) in [7, 11) is 0. The van der Waals surface area contributed by atoms with E-state index in [1.807, 2.05) is 0 Å². The highest BCUT2D eigenvalue weighted by atomic mass is 16.6. The summed E-state index contributed by atoms with van der Waals surface area (Å²) < 4.78 is 17.0. The Bertz CT molecular complexity index is 1610. The quantitative estimate of drug-likeness (QED) is 0.0261. The van der Waals surface area contributed by atoms with Crippen LogP contribution in [0.3, 0.4) is 0 Å². The van der Waals surface area contributed by atoms with Gasteiger partial charge in [0.15, 0.2) is 6.10 Å². The molecule has 0 bridgehead atoms. The number of unbranched alkanes of at least 4 members (excludes halogenated alkanes) is 38. The topological polar surface area (TPSA) is 78.9 Å². The van der Waals surface area contributed by atoms with Crippen molar-refractivity contribution in [1.82, 2.24) is 0 Å². The summed E-state index contributed by atoms with van der Waals surface area (Å²) in [5.41, 5.74) is 0. The van der Waals surface area contributed by atoms with Crippen molar-refractivity contribution in [3.63, 3.8) is 0 Å². The van der Waals surface area contributed by atoms with Crippen LogP contribution in [0.1, 0.15) is 355 Å². The molecule has 0 spiro atoms. The lowest BCUT2D eigenvalue weighted by Gasteiger charge is -2.18. The Hall–Kier alpha value is -3.67. The number of ether oxygens (including phenoxy) is 3. The summed E-state index contributed by atoms with van der Waals surface area (Å²) in [6.45, 7) is 6.55. The molecule has 0 fully saturated rings. The zero-order valence-electron chi connectivity index (χ0n) is 54.9. The summed E-state index contributed by atoms with van der Waals surface area (Å²) in [5.74, 6) is -0.875. The minimum Gasteiger partial charge on any atom is -0.462 e. The molecule has 6 heteroatoms. The van der Waals surface area contributed by atoms with E-state index in [4.69, 9.17) is 14.2 Å². The van der Waals surface area contributed by atoms with Gasteiger partial charge in [0.2, 0.25) is 0 Å². The van der Waals surface area contributed by atoms with Gasteiger partial charge in [-0.2, -0.15) is 0 Å². The second-order valence-corrected chi connectivity index (χ2v) is 23.8. The molecule has 0 amide bonds. The van der Waals surface area contributed by atoms with E-state index >= 15 is 0 Å². The van der Waals surface area contributed by atoms with Gasteiger partial charge in [0.1, 0.15) is 13.2 Å². The van der Waals surface area contributed by atoms with Crippen LogP contribution in [-0.4, -0.2) is 37.2 Å². The van der Waals surface area contributed by atoms with Crippen molar-refractivity contribution in [2.45, 2.75) is 361 Å². The Labute approximate surface area is 515 Å². The Morgan fingerprint density at radius 2 is 0.470 bits per heavy atom. The van der Waals surface area contributed by atoms with Crippen LogP contribution in [0.5, 0.6) is 0 Å². The number of allylic oxidation sites excluding steroid dienone is 16. The fourth-order valence-electron chi connectivity index (χ4n) is 10.2. The van der Waals surface area contributed by atoms with Crippen molar-refractivity contribution in [1.29, 1.82) is 0 Å². The highest BCUT2D eigenvalue weighted by molar-refractivity contribution is 5.71. The second-order valence-electron chi connectivity index (χ2n) is 23.8. The van der Waals surface area contributed by atoms with Gasteiger partial charge < -0.3 is 14.2 Å². The number of carbonyl (C=O) groups excluding carboxylic acids is 3. The van der Waals surface area contributed by atoms with Crippen molar-refractivity contribution in [2.24, 2.45) is 0 Å². The van der Waals surface area contributed by atoms with Crippen molar-refractivity contribution in [3.8, 4) is 0 Å². The number of esters is 3. The molecule has 0 aliphatic heterocycles. The standard InChI is InChI=1S/C77H134O6/c1-4-7-10-13-16-19-22-25-28-31-33-34-35-36-37-38-39-40-41-42-43-44-45-47-49-52-55-58-61-64-67-70-76(79)82-73-74(72-81-75(78)69-66-63-60-57-54-51-48-30-27-24-21-18-15-12-9-6-3)83-77(80)71-68-65-62-59-56-53-50-46-32-29-26-23-20-17-14-11-8-5-2/h7,10,16,19,21,24-25,28,30,33-34,36-37,39-40,48,74H,4-6,8-9,11-15,17-18,20,22-23,26-27,29,31-32,35,38,41-47,49-73H2,1-3H3/b10-7-,19-16-,24-21-,28-25-,34-33-,37-36-,40-39-,48-30-. The third-order valence-electron chi connectivity index (χ3n) is 15.6. The normalized spacial score (nSPS) is 12.7. The molecule has 1 unspecified atom stereocenters. The lowest BCUT2D eigenvalue weighted by Crippen LogP contribution is -2.30. The van der Waals surface area contributed by atoms with Gasteiger partial charge in [0.25, 0.3) is 0 Å². The van der Waals surface area contributed by atoms with Crippen molar-refractivity contribution in [3.05, 3.63) is 97.2 Å². The van der Waals surface area contributed by atoms with E-state index in [9.17, 15) is 14.4 Å². The van der Waals surface area contributed by atoms with Crippen LogP contribution in [0.2, 0.25) is 0 Å². The van der Waals surface area contributed by atoms with Crippen LogP contribution in [-0.2, 0) is 28.6 Å². The SMILES string of the molecule is CC/C=C\C/C=C\C/C=C\C/C=C\C/C=C\C/C=C\CCCCCCCCCCCCCCC(=O)OCC(COC(=O)CCCCCCC/C=C\C/C=C\CCCCCC)OC(=O)CCCCCCCCCCCCCCCCCCCC. The first-order valence-electron chi connectivity index (χ1n) is 35.7. The van der Waals surface area contributed by atoms with E-state index in [0.717, 1.165) is 116 Å². The molecule has 478 valence electrons. The fourth-order valence-corrected chi connectivity index (χ4v) is 10.2. The van der Waals surface area contributed by atoms with Crippen molar-refractivity contribution < 1.29 is 28.6 Å². The van der Waals surface area contributed by atoms with E-state index in [-0.39, 0.29) is 31.1 Å². The molecular weight excluding hydrogens is 1020 g/mol. The van der Waals surface area contributed by atoms with Gasteiger partial charge in [0, 0.05) is 19.3 Å². The van der Waals surface area contributed by atoms with Gasteiger partial charge in [0.05, 0.1) is 0 Å². The maximum Gasteiger partial charge on any atom is 0.306 e. The largest absolute Gasteiger partial charge is 0.462 e. The highest BCUT2D eigenvalue weighted by Crippen LogP contribution is 2.18. The molecule has 0 aromatic carbocycles. The molecule has 0 aromatic rings. The molecule has 1 atom stereocenters. The average Bonchev–Trinajstić information content (AvgIpc) is 3.49. The van der Waals surface area contributed by atoms with Gasteiger partial charge in [-0.25, -0.2) is 0 Å². The molecule has 0 aliphatic rings. The Balaban J connectivity index is 4.28. The van der Waals surface area contributed by atoms with Crippen LogP contribution in [0.25, 0.3) is 0 Å². The summed E-state index contributed by atoms with van der Waals surface area (Å²) >= 11 is 0. The van der Waals surface area contributed by atoms with Gasteiger partial charge >= 0.3 is 17.9 Å². The smallest absolute Gasteiger partial charge is 0.306 e. The number of hydrogen-bond donors (Lipinski definition) is 0. The maximum absolute atomic E-state index is 13.0. The van der Waals surface area contributed by atoms with Crippen molar-refractivity contribution in [2.75, 3.05) is 13.2 Å². The number of carbonyl (C=O) groups is 3. The highest BCUT2D eigenvalue weighted by Gasteiger charge is 2.19. The lowest BCUT2D eigenvalue weighted by molar-refractivity contribution is -0.167. The molecule has 0 N–H and O–H groups in total.